The summed E-state index contributed by atoms with van der Waals surface area (Å²) in [6.07, 6.45) is 9.31. The lowest BCUT2D eigenvalue weighted by Crippen LogP contribution is -2.46. The summed E-state index contributed by atoms with van der Waals surface area (Å²) >= 11 is 0. The van der Waals surface area contributed by atoms with Gasteiger partial charge in [-0.15, -0.1) is 0 Å². The first-order valence-corrected chi connectivity index (χ1v) is 12.4. The molecule has 0 saturated heterocycles. The van der Waals surface area contributed by atoms with Crippen LogP contribution in [-0.2, 0) is 4.79 Å². The van der Waals surface area contributed by atoms with Crippen LogP contribution in [0.2, 0.25) is 0 Å². The zero-order chi connectivity index (χ0) is 26.2. The predicted molar refractivity (Wildman–Crippen MR) is 140 cm³/mol. The number of hydrogen-bond donors (Lipinski definition) is 4. The molecule has 1 aliphatic rings. The van der Waals surface area contributed by atoms with Crippen LogP contribution in [0.5, 0.6) is 0 Å². The van der Waals surface area contributed by atoms with Gasteiger partial charge in [0.2, 0.25) is 0 Å². The number of amides is 3. The number of halogens is 1. The van der Waals surface area contributed by atoms with E-state index in [0.29, 0.717) is 5.69 Å². The van der Waals surface area contributed by atoms with Crippen molar-refractivity contribution in [3.63, 3.8) is 0 Å². The van der Waals surface area contributed by atoms with Crippen molar-refractivity contribution < 1.29 is 23.9 Å². The summed E-state index contributed by atoms with van der Waals surface area (Å²) in [5, 5.41) is 17.6. The molecule has 8 heteroatoms. The SMILES string of the molecule is CCC=Cc1cc(C)c(NC(=O)Nc2cc(F)ccc2C(=O)N[C@H](C(=O)O)C2CCCCC2)c(C)c1. The molecule has 1 fully saturated rings. The molecule has 1 aliphatic carbocycles. The highest BCUT2D eigenvalue weighted by atomic mass is 19.1. The minimum absolute atomic E-state index is 0.0119. The number of carboxylic acids is 1. The molecule has 3 amide bonds. The highest BCUT2D eigenvalue weighted by Gasteiger charge is 2.31. The summed E-state index contributed by atoms with van der Waals surface area (Å²) in [7, 11) is 0. The minimum Gasteiger partial charge on any atom is -0.480 e. The van der Waals surface area contributed by atoms with Crippen LogP contribution < -0.4 is 16.0 Å². The van der Waals surface area contributed by atoms with Crippen LogP contribution in [-0.4, -0.2) is 29.1 Å². The van der Waals surface area contributed by atoms with E-state index in [1.165, 1.54) is 6.07 Å². The molecule has 0 aromatic heterocycles. The van der Waals surface area contributed by atoms with E-state index in [2.05, 4.69) is 22.9 Å². The summed E-state index contributed by atoms with van der Waals surface area (Å²) < 4.78 is 14.0. The molecule has 4 N–H and O–H groups in total. The van der Waals surface area contributed by atoms with Gasteiger partial charge in [-0.25, -0.2) is 14.0 Å². The highest BCUT2D eigenvalue weighted by molar-refractivity contribution is 6.07. The van der Waals surface area contributed by atoms with Crippen molar-refractivity contribution in [2.75, 3.05) is 10.6 Å². The number of urea groups is 1. The van der Waals surface area contributed by atoms with Crippen molar-refractivity contribution in [2.24, 2.45) is 5.92 Å². The first kappa shape index (κ1) is 26.9. The second-order valence-corrected chi connectivity index (χ2v) is 9.30. The van der Waals surface area contributed by atoms with Gasteiger partial charge in [-0.1, -0.05) is 38.3 Å². The number of aryl methyl sites for hydroxylation is 2. The lowest BCUT2D eigenvalue weighted by atomic mass is 9.84. The van der Waals surface area contributed by atoms with Crippen LogP contribution in [0.3, 0.4) is 0 Å². The number of carboxylic acid groups (broad SMARTS) is 1. The largest absolute Gasteiger partial charge is 0.480 e. The summed E-state index contributed by atoms with van der Waals surface area (Å²) in [6, 6.07) is 5.61. The van der Waals surface area contributed by atoms with Gasteiger partial charge in [0.25, 0.3) is 5.91 Å². The number of anilines is 2. The molecule has 0 heterocycles. The Morgan fingerprint density at radius 1 is 1.06 bits per heavy atom. The second-order valence-electron chi connectivity index (χ2n) is 9.30. The highest BCUT2D eigenvalue weighted by Crippen LogP contribution is 2.28. The molecule has 2 aromatic carbocycles. The number of rotatable bonds is 8. The van der Waals surface area contributed by atoms with Crippen LogP contribution in [0, 0.1) is 25.6 Å². The number of carbonyl (C=O) groups is 3. The standard InChI is InChI=1S/C28H34FN3O4/c1-4-5-9-19-14-17(2)24(18(3)15-19)32-28(36)30-23-16-21(29)12-13-22(23)26(33)31-25(27(34)35)20-10-7-6-8-11-20/h5,9,12-16,20,25H,4,6-8,10-11H2,1-3H3,(H,31,33)(H,34,35)(H2,30,32,36)/t25-/m0/s1. The molecular weight excluding hydrogens is 461 g/mol. The number of aliphatic carboxylic acids is 1. The predicted octanol–water partition coefficient (Wildman–Crippen LogP) is 6.27. The van der Waals surface area contributed by atoms with Crippen LogP contribution in [0.1, 0.15) is 72.5 Å². The lowest BCUT2D eigenvalue weighted by Gasteiger charge is -2.28. The molecule has 1 saturated carbocycles. The molecule has 1 atom stereocenters. The molecule has 192 valence electrons. The van der Waals surface area contributed by atoms with E-state index < -0.39 is 29.8 Å². The number of hydrogen-bond acceptors (Lipinski definition) is 3. The van der Waals surface area contributed by atoms with Gasteiger partial charge in [-0.3, -0.25) is 4.79 Å². The monoisotopic (exact) mass is 495 g/mol. The zero-order valence-corrected chi connectivity index (χ0v) is 21.0. The molecule has 36 heavy (non-hydrogen) atoms. The topological polar surface area (TPSA) is 108 Å². The Balaban J connectivity index is 1.77. The zero-order valence-electron chi connectivity index (χ0n) is 21.0. The smallest absolute Gasteiger partial charge is 0.326 e. The Morgan fingerprint density at radius 3 is 2.33 bits per heavy atom. The van der Waals surface area contributed by atoms with E-state index in [4.69, 9.17) is 0 Å². The van der Waals surface area contributed by atoms with Gasteiger partial charge in [0.1, 0.15) is 11.9 Å². The lowest BCUT2D eigenvalue weighted by molar-refractivity contribution is -0.141. The Labute approximate surface area is 211 Å². The number of nitrogens with one attached hydrogen (secondary N) is 3. The molecule has 0 spiro atoms. The van der Waals surface area contributed by atoms with Crippen LogP contribution in [0.15, 0.2) is 36.4 Å². The minimum atomic E-state index is -1.10. The van der Waals surface area contributed by atoms with E-state index in [9.17, 15) is 23.9 Å². The number of carbonyl (C=O) groups excluding carboxylic acids is 2. The van der Waals surface area contributed by atoms with Gasteiger partial charge in [0.15, 0.2) is 0 Å². The van der Waals surface area contributed by atoms with Gasteiger partial charge >= 0.3 is 12.0 Å². The summed E-state index contributed by atoms with van der Waals surface area (Å²) in [4.78, 5) is 37.7. The number of benzene rings is 2. The third kappa shape index (κ3) is 6.93. The summed E-state index contributed by atoms with van der Waals surface area (Å²) in [6.45, 7) is 5.81. The fraction of sp³-hybridized carbons (Fsp3) is 0.393. The Hall–Kier alpha value is -3.68. The van der Waals surface area contributed by atoms with Gasteiger partial charge in [0, 0.05) is 5.69 Å². The third-order valence-electron chi connectivity index (χ3n) is 6.49. The molecule has 0 bridgehead atoms. The Bertz CT molecular complexity index is 1130. The molecule has 2 aromatic rings. The van der Waals surface area contributed by atoms with E-state index in [1.807, 2.05) is 38.1 Å². The van der Waals surface area contributed by atoms with Crippen molar-refractivity contribution in [1.29, 1.82) is 0 Å². The Morgan fingerprint density at radius 2 is 1.72 bits per heavy atom. The van der Waals surface area contributed by atoms with Crippen molar-refractivity contribution in [2.45, 2.75) is 65.3 Å². The van der Waals surface area contributed by atoms with Crippen molar-refractivity contribution in [3.05, 3.63) is 64.5 Å². The molecular formula is C28H34FN3O4. The van der Waals surface area contributed by atoms with E-state index in [0.717, 1.165) is 67.3 Å². The van der Waals surface area contributed by atoms with Gasteiger partial charge in [-0.2, -0.15) is 0 Å². The molecule has 7 nitrogen and oxygen atoms in total. The first-order valence-electron chi connectivity index (χ1n) is 12.4. The summed E-state index contributed by atoms with van der Waals surface area (Å²) in [5.41, 5.74) is 3.29. The maximum Gasteiger partial charge on any atom is 0.326 e. The molecule has 0 unspecified atom stereocenters. The summed E-state index contributed by atoms with van der Waals surface area (Å²) in [5.74, 6) is -2.58. The van der Waals surface area contributed by atoms with Gasteiger partial charge in [-0.05, 0) is 86.1 Å². The first-order chi connectivity index (χ1) is 17.2. The average Bonchev–Trinajstić information content (AvgIpc) is 2.83. The number of allylic oxidation sites excluding steroid dienone is 1. The molecule has 3 rings (SSSR count). The van der Waals surface area contributed by atoms with Crippen LogP contribution in [0.4, 0.5) is 20.6 Å². The van der Waals surface area contributed by atoms with Gasteiger partial charge in [0.05, 0.1) is 11.3 Å². The van der Waals surface area contributed by atoms with Crippen molar-refractivity contribution in [1.82, 2.24) is 5.32 Å². The maximum atomic E-state index is 14.0. The van der Waals surface area contributed by atoms with Crippen LogP contribution >= 0.6 is 0 Å². The second kappa shape index (κ2) is 12.3. The molecule has 0 aliphatic heterocycles. The fourth-order valence-corrected chi connectivity index (χ4v) is 4.70. The average molecular weight is 496 g/mol. The fourth-order valence-electron chi connectivity index (χ4n) is 4.70. The van der Waals surface area contributed by atoms with Gasteiger partial charge < -0.3 is 21.1 Å². The Kier molecular flexibility index (Phi) is 9.22. The van der Waals surface area contributed by atoms with Crippen molar-refractivity contribution >= 4 is 35.4 Å². The maximum absolute atomic E-state index is 14.0. The molecule has 0 radical (unpaired) electrons. The third-order valence-corrected chi connectivity index (χ3v) is 6.49. The normalized spacial score (nSPS) is 14.9. The van der Waals surface area contributed by atoms with Crippen LogP contribution in [0.25, 0.3) is 6.08 Å². The van der Waals surface area contributed by atoms with E-state index in [-0.39, 0.29) is 17.2 Å². The quantitative estimate of drug-likeness (QED) is 0.346. The van der Waals surface area contributed by atoms with E-state index >= 15 is 0 Å². The van der Waals surface area contributed by atoms with E-state index in [1.54, 1.807) is 0 Å². The van der Waals surface area contributed by atoms with Crippen molar-refractivity contribution in [3.8, 4) is 0 Å².